The van der Waals surface area contributed by atoms with Crippen LogP contribution in [0.5, 0.6) is 0 Å². The second-order valence-corrected chi connectivity index (χ2v) is 2.80. The summed E-state index contributed by atoms with van der Waals surface area (Å²) >= 11 is 0. The number of rotatable bonds is 0. The van der Waals surface area contributed by atoms with Gasteiger partial charge in [0.2, 0.25) is 0 Å². The predicted octanol–water partition coefficient (Wildman–Crippen LogP) is 2.18. The van der Waals surface area contributed by atoms with Crippen LogP contribution in [0.25, 0.3) is 0 Å². The fourth-order valence-electron chi connectivity index (χ4n) is 1.13. The molecule has 0 bridgehead atoms. The van der Waals surface area contributed by atoms with E-state index in [2.05, 4.69) is 29.0 Å². The van der Waals surface area contributed by atoms with Crippen molar-refractivity contribution in [1.82, 2.24) is 4.98 Å². The largest absolute Gasteiger partial charge is 0.265 e. The first-order chi connectivity index (χ1) is 6.45. The quantitative estimate of drug-likeness (QED) is 0.540. The van der Waals surface area contributed by atoms with Crippen LogP contribution in [-0.2, 0) is 0 Å². The van der Waals surface area contributed by atoms with Gasteiger partial charge < -0.3 is 0 Å². The fourth-order valence-corrected chi connectivity index (χ4v) is 1.13. The molecule has 1 aliphatic rings. The standard InChI is InChI=1S/C12H9N/c1-2-4-11(3-1)5-6-12-7-9-13-10-8-12/h1-4,7-11H. The first-order valence-electron chi connectivity index (χ1n) is 4.22. The Morgan fingerprint density at radius 2 is 1.77 bits per heavy atom. The molecular formula is C12H9N. The zero-order chi connectivity index (χ0) is 8.93. The molecule has 1 nitrogen and oxygen atoms in total. The fraction of sp³-hybridized carbons (Fsp3) is 0.0833. The Morgan fingerprint density at radius 1 is 1.08 bits per heavy atom. The van der Waals surface area contributed by atoms with Crippen molar-refractivity contribution in [3.05, 3.63) is 54.4 Å². The maximum Gasteiger partial charge on any atom is 0.0573 e. The Kier molecular flexibility index (Phi) is 2.24. The highest BCUT2D eigenvalue weighted by atomic mass is 14.6. The molecule has 0 fully saturated rings. The van der Waals surface area contributed by atoms with Crippen LogP contribution in [0.15, 0.2) is 48.8 Å². The zero-order valence-electron chi connectivity index (χ0n) is 7.14. The van der Waals surface area contributed by atoms with E-state index >= 15 is 0 Å². The summed E-state index contributed by atoms with van der Waals surface area (Å²) in [4.78, 5) is 3.93. The molecule has 1 heterocycles. The Balaban J connectivity index is 2.13. The Labute approximate surface area is 77.8 Å². The van der Waals surface area contributed by atoms with Gasteiger partial charge in [0.15, 0.2) is 0 Å². The van der Waals surface area contributed by atoms with Gasteiger partial charge in [0.1, 0.15) is 0 Å². The summed E-state index contributed by atoms with van der Waals surface area (Å²) in [5, 5.41) is 0. The molecule has 62 valence electrons. The van der Waals surface area contributed by atoms with Crippen molar-refractivity contribution in [3.8, 4) is 11.8 Å². The summed E-state index contributed by atoms with van der Waals surface area (Å²) in [6.45, 7) is 0. The highest BCUT2D eigenvalue weighted by molar-refractivity contribution is 5.36. The second kappa shape index (κ2) is 3.73. The van der Waals surface area contributed by atoms with E-state index < -0.39 is 0 Å². The van der Waals surface area contributed by atoms with Gasteiger partial charge >= 0.3 is 0 Å². The van der Waals surface area contributed by atoms with E-state index in [9.17, 15) is 0 Å². The Morgan fingerprint density at radius 3 is 2.46 bits per heavy atom. The normalized spacial score (nSPS) is 14.2. The minimum atomic E-state index is 0.285. The molecule has 1 aromatic heterocycles. The molecule has 13 heavy (non-hydrogen) atoms. The lowest BCUT2D eigenvalue weighted by Crippen LogP contribution is -1.82. The summed E-state index contributed by atoms with van der Waals surface area (Å²) in [5.41, 5.74) is 1.02. The molecule has 0 saturated heterocycles. The Bertz CT molecular complexity index is 378. The Hall–Kier alpha value is -1.81. The second-order valence-electron chi connectivity index (χ2n) is 2.80. The van der Waals surface area contributed by atoms with Crippen molar-refractivity contribution in [2.45, 2.75) is 0 Å². The molecule has 2 rings (SSSR count). The number of allylic oxidation sites excluding steroid dienone is 4. The lowest BCUT2D eigenvalue weighted by Gasteiger charge is -1.90. The summed E-state index contributed by atoms with van der Waals surface area (Å²) in [6, 6.07) is 3.82. The molecular weight excluding hydrogens is 158 g/mol. The zero-order valence-corrected chi connectivity index (χ0v) is 7.14. The van der Waals surface area contributed by atoms with Crippen LogP contribution in [0, 0.1) is 17.8 Å². The first-order valence-corrected chi connectivity index (χ1v) is 4.22. The van der Waals surface area contributed by atoms with Crippen molar-refractivity contribution in [2.75, 3.05) is 0 Å². The average molecular weight is 167 g/mol. The number of pyridine rings is 1. The van der Waals surface area contributed by atoms with Gasteiger partial charge in [-0.05, 0) is 12.1 Å². The maximum atomic E-state index is 3.93. The van der Waals surface area contributed by atoms with E-state index in [-0.39, 0.29) is 5.92 Å². The van der Waals surface area contributed by atoms with Crippen LogP contribution >= 0.6 is 0 Å². The van der Waals surface area contributed by atoms with Gasteiger partial charge in [-0.15, -0.1) is 0 Å². The summed E-state index contributed by atoms with van der Waals surface area (Å²) < 4.78 is 0. The minimum Gasteiger partial charge on any atom is -0.265 e. The number of nitrogens with zero attached hydrogens (tertiary/aromatic N) is 1. The van der Waals surface area contributed by atoms with Gasteiger partial charge in [-0.1, -0.05) is 36.1 Å². The maximum absolute atomic E-state index is 3.93. The third kappa shape index (κ3) is 2.07. The van der Waals surface area contributed by atoms with Crippen LogP contribution in [0.1, 0.15) is 5.56 Å². The average Bonchev–Trinajstić information content (AvgIpc) is 2.69. The van der Waals surface area contributed by atoms with Crippen molar-refractivity contribution >= 4 is 0 Å². The lowest BCUT2D eigenvalue weighted by atomic mass is 10.1. The predicted molar refractivity (Wildman–Crippen MR) is 52.9 cm³/mol. The van der Waals surface area contributed by atoms with Gasteiger partial charge in [-0.2, -0.15) is 0 Å². The third-order valence-electron chi connectivity index (χ3n) is 1.81. The van der Waals surface area contributed by atoms with Gasteiger partial charge in [0.25, 0.3) is 0 Å². The van der Waals surface area contributed by atoms with Crippen molar-refractivity contribution in [2.24, 2.45) is 5.92 Å². The van der Waals surface area contributed by atoms with Crippen LogP contribution < -0.4 is 0 Å². The highest BCUT2D eigenvalue weighted by Gasteiger charge is 1.96. The SMILES string of the molecule is C(#CC1C=CC=C1)c1ccncc1. The lowest BCUT2D eigenvalue weighted by molar-refractivity contribution is 1.15. The van der Waals surface area contributed by atoms with Crippen LogP contribution in [0.2, 0.25) is 0 Å². The molecule has 0 radical (unpaired) electrons. The van der Waals surface area contributed by atoms with Gasteiger partial charge in [0.05, 0.1) is 5.92 Å². The van der Waals surface area contributed by atoms with E-state index in [1.807, 2.05) is 24.3 Å². The van der Waals surface area contributed by atoms with Gasteiger partial charge in [-0.3, -0.25) is 4.98 Å². The molecule has 0 aromatic carbocycles. The smallest absolute Gasteiger partial charge is 0.0573 e. The van der Waals surface area contributed by atoms with E-state index in [0.29, 0.717) is 0 Å². The molecule has 1 aromatic rings. The summed E-state index contributed by atoms with van der Waals surface area (Å²) in [7, 11) is 0. The van der Waals surface area contributed by atoms with E-state index in [1.54, 1.807) is 12.4 Å². The molecule has 0 aliphatic heterocycles. The van der Waals surface area contributed by atoms with Crippen molar-refractivity contribution in [3.63, 3.8) is 0 Å². The first kappa shape index (κ1) is 7.82. The summed E-state index contributed by atoms with van der Waals surface area (Å²) in [5.74, 6) is 6.53. The van der Waals surface area contributed by atoms with Crippen LogP contribution in [0.3, 0.4) is 0 Å². The van der Waals surface area contributed by atoms with Crippen LogP contribution in [0.4, 0.5) is 0 Å². The molecule has 0 atom stereocenters. The van der Waals surface area contributed by atoms with E-state index in [4.69, 9.17) is 0 Å². The molecule has 0 spiro atoms. The number of aromatic nitrogens is 1. The van der Waals surface area contributed by atoms with Crippen molar-refractivity contribution < 1.29 is 0 Å². The minimum absolute atomic E-state index is 0.285. The van der Waals surface area contributed by atoms with Crippen molar-refractivity contribution in [1.29, 1.82) is 0 Å². The molecule has 0 saturated carbocycles. The molecule has 0 amide bonds. The topological polar surface area (TPSA) is 12.9 Å². The number of hydrogen-bond donors (Lipinski definition) is 0. The van der Waals surface area contributed by atoms with Crippen LogP contribution in [-0.4, -0.2) is 4.98 Å². The highest BCUT2D eigenvalue weighted by Crippen LogP contribution is 2.06. The number of hydrogen-bond acceptors (Lipinski definition) is 1. The van der Waals surface area contributed by atoms with Gasteiger partial charge in [0, 0.05) is 18.0 Å². The molecule has 1 heteroatoms. The molecule has 1 aliphatic carbocycles. The molecule has 0 N–H and O–H groups in total. The monoisotopic (exact) mass is 167 g/mol. The summed E-state index contributed by atoms with van der Waals surface area (Å²) in [6.07, 6.45) is 11.7. The van der Waals surface area contributed by atoms with E-state index in [1.165, 1.54) is 0 Å². The molecule has 0 unspecified atom stereocenters. The van der Waals surface area contributed by atoms with E-state index in [0.717, 1.165) is 5.56 Å². The van der Waals surface area contributed by atoms with Gasteiger partial charge in [-0.25, -0.2) is 0 Å². The third-order valence-corrected chi connectivity index (χ3v) is 1.81.